The van der Waals surface area contributed by atoms with Gasteiger partial charge in [-0.05, 0) is 67.0 Å². The third-order valence-corrected chi connectivity index (χ3v) is 7.47. The van der Waals surface area contributed by atoms with Gasteiger partial charge in [-0.2, -0.15) is 5.10 Å². The van der Waals surface area contributed by atoms with Crippen molar-refractivity contribution in [2.75, 3.05) is 16.8 Å². The largest absolute Gasteiger partial charge is 0.478 e. The van der Waals surface area contributed by atoms with Crippen LogP contribution in [0.15, 0.2) is 42.5 Å². The molecule has 1 aliphatic heterocycles. The zero-order valence-electron chi connectivity index (χ0n) is 24.2. The number of carboxylic acids is 1. The van der Waals surface area contributed by atoms with E-state index in [-0.39, 0.29) is 28.8 Å². The Morgan fingerprint density at radius 3 is 2.33 bits per heavy atom. The van der Waals surface area contributed by atoms with E-state index in [0.717, 1.165) is 46.5 Å². The molecular weight excluding hydrogens is 506 g/mol. The van der Waals surface area contributed by atoms with Gasteiger partial charge in [0.2, 0.25) is 5.91 Å². The molecule has 3 aromatic rings. The number of aromatic carboxylic acids is 1. The van der Waals surface area contributed by atoms with Crippen LogP contribution in [-0.4, -0.2) is 39.3 Å². The Balaban J connectivity index is 1.43. The van der Waals surface area contributed by atoms with Crippen LogP contribution in [0.25, 0.3) is 0 Å². The zero-order chi connectivity index (χ0) is 29.2. The van der Waals surface area contributed by atoms with Crippen molar-refractivity contribution in [3.63, 3.8) is 0 Å². The number of carbonyl (C=O) groups is 3. The Bertz CT molecular complexity index is 1410. The van der Waals surface area contributed by atoms with Crippen LogP contribution in [0, 0.1) is 19.8 Å². The fraction of sp³-hybridized carbons (Fsp3) is 0.419. The summed E-state index contributed by atoms with van der Waals surface area (Å²) in [7, 11) is 1.81. The molecule has 0 saturated carbocycles. The Labute approximate surface area is 235 Å². The smallest absolute Gasteiger partial charge is 0.335 e. The first-order valence-corrected chi connectivity index (χ1v) is 13.6. The summed E-state index contributed by atoms with van der Waals surface area (Å²) in [6.07, 6.45) is 1.99. The molecule has 9 nitrogen and oxygen atoms in total. The first-order valence-electron chi connectivity index (χ1n) is 13.6. The van der Waals surface area contributed by atoms with Gasteiger partial charge in [0.25, 0.3) is 0 Å². The van der Waals surface area contributed by atoms with Crippen molar-refractivity contribution in [2.24, 2.45) is 13.0 Å². The number of urea groups is 1. The number of aromatic nitrogens is 2. The Hall–Kier alpha value is -4.14. The van der Waals surface area contributed by atoms with Crippen molar-refractivity contribution >= 4 is 29.4 Å². The number of anilines is 2. The maximum Gasteiger partial charge on any atom is 0.335 e. The van der Waals surface area contributed by atoms with Gasteiger partial charge in [0.05, 0.1) is 11.3 Å². The molecule has 9 heteroatoms. The van der Waals surface area contributed by atoms with Gasteiger partial charge in [-0.1, -0.05) is 45.0 Å². The predicted octanol–water partition coefficient (Wildman–Crippen LogP) is 5.34. The molecule has 1 aromatic heterocycles. The van der Waals surface area contributed by atoms with Gasteiger partial charge < -0.3 is 15.3 Å². The number of hydrogen-bond donors (Lipinski definition) is 3. The molecule has 2 aromatic carbocycles. The van der Waals surface area contributed by atoms with Crippen LogP contribution in [0.2, 0.25) is 0 Å². The van der Waals surface area contributed by atoms with E-state index >= 15 is 0 Å². The molecule has 1 fully saturated rings. The minimum atomic E-state index is -0.977. The quantitative estimate of drug-likeness (QED) is 0.371. The molecule has 3 amide bonds. The highest BCUT2D eigenvalue weighted by atomic mass is 16.4. The number of nitrogens with zero attached hydrogens (tertiary/aromatic N) is 3. The molecular formula is C31H39N5O4. The lowest BCUT2D eigenvalue weighted by molar-refractivity contribution is -0.120. The highest BCUT2D eigenvalue weighted by Crippen LogP contribution is 2.32. The minimum Gasteiger partial charge on any atom is -0.478 e. The summed E-state index contributed by atoms with van der Waals surface area (Å²) in [6.45, 7) is 10.9. The second kappa shape index (κ2) is 11.5. The van der Waals surface area contributed by atoms with E-state index < -0.39 is 5.97 Å². The summed E-state index contributed by atoms with van der Waals surface area (Å²) in [5, 5.41) is 19.8. The van der Waals surface area contributed by atoms with E-state index in [1.807, 2.05) is 50.1 Å². The molecule has 4 rings (SSSR count). The standard InChI is InChI=1S/C31H39N5O4/c1-19-13-24(29(38)39)14-20(2)28(19)36-18-21(11-12-27(36)37)15-22-9-7-8-10-23(22)17-32-30(40)33-26-16-25(31(3,4)5)34-35(26)6/h7-10,13-14,16,21H,11-12,15,17-18H2,1-6H3,(H,38,39)(H2,32,33,40). The van der Waals surface area contributed by atoms with E-state index in [1.165, 1.54) is 0 Å². The molecule has 0 spiro atoms. The van der Waals surface area contributed by atoms with Gasteiger partial charge in [-0.15, -0.1) is 0 Å². The number of carbonyl (C=O) groups excluding carboxylic acids is 2. The van der Waals surface area contributed by atoms with Gasteiger partial charge in [0.1, 0.15) is 5.82 Å². The number of amides is 3. The predicted molar refractivity (Wildman–Crippen MR) is 156 cm³/mol. The molecule has 0 radical (unpaired) electrons. The summed E-state index contributed by atoms with van der Waals surface area (Å²) in [5.74, 6) is -0.0584. The SMILES string of the molecule is Cc1cc(C(=O)O)cc(C)c1N1CC(Cc2ccccc2CNC(=O)Nc2cc(C(C)(C)C)nn2C)CCC1=O. The first-order chi connectivity index (χ1) is 18.8. The van der Waals surface area contributed by atoms with Crippen LogP contribution in [-0.2, 0) is 30.2 Å². The van der Waals surface area contributed by atoms with Crippen molar-refractivity contribution in [3.8, 4) is 0 Å². The number of piperidine rings is 1. The van der Waals surface area contributed by atoms with Gasteiger partial charge in [-0.25, -0.2) is 9.59 Å². The number of carboxylic acid groups (broad SMARTS) is 1. The van der Waals surface area contributed by atoms with Crippen molar-refractivity contribution in [1.82, 2.24) is 15.1 Å². The van der Waals surface area contributed by atoms with Gasteiger partial charge >= 0.3 is 12.0 Å². The normalized spacial score (nSPS) is 15.7. The number of hydrogen-bond acceptors (Lipinski definition) is 4. The number of rotatable bonds is 7. The third-order valence-electron chi connectivity index (χ3n) is 7.47. The number of nitrogens with one attached hydrogen (secondary N) is 2. The average Bonchev–Trinajstić information content (AvgIpc) is 3.25. The highest BCUT2D eigenvalue weighted by Gasteiger charge is 2.29. The lowest BCUT2D eigenvalue weighted by Crippen LogP contribution is -2.41. The molecule has 0 bridgehead atoms. The van der Waals surface area contributed by atoms with Crippen molar-refractivity contribution in [2.45, 2.75) is 65.8 Å². The van der Waals surface area contributed by atoms with Gasteiger partial charge in [-0.3, -0.25) is 14.8 Å². The summed E-state index contributed by atoms with van der Waals surface area (Å²) >= 11 is 0. The highest BCUT2D eigenvalue weighted by molar-refractivity contribution is 5.97. The van der Waals surface area contributed by atoms with Gasteiger partial charge in [0.15, 0.2) is 0 Å². The third kappa shape index (κ3) is 6.52. The van der Waals surface area contributed by atoms with Crippen molar-refractivity contribution in [1.29, 1.82) is 0 Å². The number of aryl methyl sites for hydroxylation is 3. The molecule has 1 atom stereocenters. The van der Waals surface area contributed by atoms with Crippen molar-refractivity contribution in [3.05, 3.63) is 76.0 Å². The lowest BCUT2D eigenvalue weighted by atomic mass is 9.88. The average molecular weight is 546 g/mol. The minimum absolute atomic E-state index is 0.0573. The maximum absolute atomic E-state index is 12.9. The molecule has 212 valence electrons. The topological polar surface area (TPSA) is 117 Å². The van der Waals surface area contributed by atoms with E-state index in [0.29, 0.717) is 25.3 Å². The van der Waals surface area contributed by atoms with Crippen LogP contribution in [0.5, 0.6) is 0 Å². The van der Waals surface area contributed by atoms with Crippen LogP contribution >= 0.6 is 0 Å². The zero-order valence-corrected chi connectivity index (χ0v) is 24.2. The molecule has 0 aliphatic carbocycles. The molecule has 3 N–H and O–H groups in total. The van der Waals surface area contributed by atoms with Crippen LogP contribution in [0.3, 0.4) is 0 Å². The van der Waals surface area contributed by atoms with E-state index in [2.05, 4.69) is 42.6 Å². The summed E-state index contributed by atoms with van der Waals surface area (Å²) < 4.78 is 1.67. The van der Waals surface area contributed by atoms with E-state index in [9.17, 15) is 19.5 Å². The Morgan fingerprint density at radius 2 is 1.73 bits per heavy atom. The second-order valence-corrected chi connectivity index (χ2v) is 11.7. The molecule has 1 unspecified atom stereocenters. The monoisotopic (exact) mass is 545 g/mol. The fourth-order valence-corrected chi connectivity index (χ4v) is 5.33. The van der Waals surface area contributed by atoms with Crippen LogP contribution in [0.1, 0.15) is 71.9 Å². The van der Waals surface area contributed by atoms with E-state index in [1.54, 1.807) is 16.8 Å². The Kier molecular flexibility index (Phi) is 8.32. The van der Waals surface area contributed by atoms with Crippen LogP contribution < -0.4 is 15.5 Å². The van der Waals surface area contributed by atoms with Gasteiger partial charge in [0, 0.05) is 43.7 Å². The summed E-state index contributed by atoms with van der Waals surface area (Å²) in [4.78, 5) is 38.9. The fourth-order valence-electron chi connectivity index (χ4n) is 5.33. The summed E-state index contributed by atoms with van der Waals surface area (Å²) in [5.41, 5.74) is 5.53. The lowest BCUT2D eigenvalue weighted by Gasteiger charge is -2.35. The first kappa shape index (κ1) is 28.9. The maximum atomic E-state index is 12.9. The summed E-state index contributed by atoms with van der Waals surface area (Å²) in [6, 6.07) is 12.9. The molecule has 40 heavy (non-hydrogen) atoms. The second-order valence-electron chi connectivity index (χ2n) is 11.7. The van der Waals surface area contributed by atoms with Crippen molar-refractivity contribution < 1.29 is 19.5 Å². The van der Waals surface area contributed by atoms with Crippen LogP contribution in [0.4, 0.5) is 16.3 Å². The Morgan fingerprint density at radius 1 is 1.07 bits per heavy atom. The molecule has 1 saturated heterocycles. The van der Waals surface area contributed by atoms with E-state index in [4.69, 9.17) is 0 Å². The number of benzene rings is 2. The molecule has 1 aliphatic rings. The molecule has 2 heterocycles.